The molecule has 1 aromatic carbocycles. The van der Waals surface area contributed by atoms with Gasteiger partial charge in [-0.1, -0.05) is 18.5 Å². The zero-order valence-corrected chi connectivity index (χ0v) is 8.97. The molecule has 0 bridgehead atoms. The van der Waals surface area contributed by atoms with Crippen LogP contribution in [-0.4, -0.2) is 5.97 Å². The van der Waals surface area contributed by atoms with Gasteiger partial charge < -0.3 is 10.5 Å². The summed E-state index contributed by atoms with van der Waals surface area (Å²) in [5.41, 5.74) is 5.48. The second-order valence-electron chi connectivity index (χ2n) is 3.00. The molecule has 2 N–H and O–H groups in total. The maximum atomic E-state index is 13.4. The second-order valence-corrected chi connectivity index (χ2v) is 3.38. The summed E-state index contributed by atoms with van der Waals surface area (Å²) in [4.78, 5) is 11.1. The SMILES string of the molecule is CCCC(=O)Oc1ccc(N)c(Cl)c1F. The van der Waals surface area contributed by atoms with Gasteiger partial charge in [-0.05, 0) is 18.6 Å². The molecular weight excluding hydrogens is 221 g/mol. The van der Waals surface area contributed by atoms with Crippen LogP contribution >= 0.6 is 11.6 Å². The Kier molecular flexibility index (Phi) is 3.91. The van der Waals surface area contributed by atoms with E-state index in [4.69, 9.17) is 22.1 Å². The van der Waals surface area contributed by atoms with Gasteiger partial charge in [0.25, 0.3) is 0 Å². The number of benzene rings is 1. The van der Waals surface area contributed by atoms with Gasteiger partial charge in [-0.2, -0.15) is 0 Å². The number of nitrogen functional groups attached to an aromatic ring is 1. The summed E-state index contributed by atoms with van der Waals surface area (Å²) in [7, 11) is 0. The lowest BCUT2D eigenvalue weighted by Crippen LogP contribution is -2.08. The van der Waals surface area contributed by atoms with E-state index in [1.54, 1.807) is 0 Å². The number of rotatable bonds is 3. The van der Waals surface area contributed by atoms with Crippen LogP contribution in [0.5, 0.6) is 5.75 Å². The number of hydrogen-bond acceptors (Lipinski definition) is 3. The monoisotopic (exact) mass is 231 g/mol. The van der Waals surface area contributed by atoms with Crippen molar-refractivity contribution in [2.24, 2.45) is 0 Å². The van der Waals surface area contributed by atoms with Crippen molar-refractivity contribution in [1.82, 2.24) is 0 Å². The molecule has 0 radical (unpaired) electrons. The van der Waals surface area contributed by atoms with E-state index in [0.29, 0.717) is 6.42 Å². The Hall–Kier alpha value is -1.29. The Labute approximate surface area is 92.0 Å². The number of carbonyl (C=O) groups excluding carboxylic acids is 1. The van der Waals surface area contributed by atoms with Crippen LogP contribution in [0, 0.1) is 5.82 Å². The van der Waals surface area contributed by atoms with Gasteiger partial charge in [0.05, 0.1) is 5.69 Å². The van der Waals surface area contributed by atoms with E-state index in [0.717, 1.165) is 0 Å². The molecule has 0 saturated heterocycles. The number of ether oxygens (including phenoxy) is 1. The van der Waals surface area contributed by atoms with Gasteiger partial charge in [0.1, 0.15) is 5.02 Å². The minimum Gasteiger partial charge on any atom is -0.423 e. The fourth-order valence-electron chi connectivity index (χ4n) is 1.00. The molecule has 0 aromatic heterocycles. The number of hydrogen-bond donors (Lipinski definition) is 1. The number of carbonyl (C=O) groups is 1. The molecule has 0 aliphatic heterocycles. The first-order valence-corrected chi connectivity index (χ1v) is 4.88. The van der Waals surface area contributed by atoms with E-state index in [2.05, 4.69) is 0 Å². The van der Waals surface area contributed by atoms with Crippen molar-refractivity contribution in [3.8, 4) is 5.75 Å². The van der Waals surface area contributed by atoms with Crippen LogP contribution in [0.2, 0.25) is 5.02 Å². The molecule has 82 valence electrons. The van der Waals surface area contributed by atoms with Crippen molar-refractivity contribution in [3.63, 3.8) is 0 Å². The third-order valence-corrected chi connectivity index (χ3v) is 2.14. The van der Waals surface area contributed by atoms with Crippen molar-refractivity contribution < 1.29 is 13.9 Å². The molecule has 15 heavy (non-hydrogen) atoms. The van der Waals surface area contributed by atoms with Crippen LogP contribution in [0.4, 0.5) is 10.1 Å². The summed E-state index contributed by atoms with van der Waals surface area (Å²) in [6, 6.07) is 2.67. The summed E-state index contributed by atoms with van der Waals surface area (Å²) in [5, 5.41) is -0.225. The van der Waals surface area contributed by atoms with E-state index >= 15 is 0 Å². The van der Waals surface area contributed by atoms with Gasteiger partial charge in [0.15, 0.2) is 11.6 Å². The van der Waals surface area contributed by atoms with Gasteiger partial charge in [-0.3, -0.25) is 4.79 Å². The topological polar surface area (TPSA) is 52.3 Å². The predicted molar refractivity (Wildman–Crippen MR) is 56.4 cm³/mol. The van der Waals surface area contributed by atoms with Gasteiger partial charge in [0, 0.05) is 6.42 Å². The average molecular weight is 232 g/mol. The highest BCUT2D eigenvalue weighted by molar-refractivity contribution is 6.33. The third-order valence-electron chi connectivity index (χ3n) is 1.75. The van der Waals surface area contributed by atoms with Gasteiger partial charge in [-0.25, -0.2) is 4.39 Å². The number of nitrogens with two attached hydrogens (primary N) is 1. The molecule has 1 aromatic rings. The van der Waals surface area contributed by atoms with Crippen molar-refractivity contribution in [3.05, 3.63) is 23.0 Å². The van der Waals surface area contributed by atoms with Crippen LogP contribution in [0.3, 0.4) is 0 Å². The summed E-state index contributed by atoms with van der Waals surface area (Å²) in [6.45, 7) is 1.83. The maximum absolute atomic E-state index is 13.4. The number of anilines is 1. The Balaban J connectivity index is 2.87. The molecule has 5 heteroatoms. The van der Waals surface area contributed by atoms with E-state index < -0.39 is 11.8 Å². The van der Waals surface area contributed by atoms with Crippen LogP contribution in [0.25, 0.3) is 0 Å². The van der Waals surface area contributed by atoms with E-state index in [-0.39, 0.29) is 22.9 Å². The lowest BCUT2D eigenvalue weighted by Gasteiger charge is -2.06. The third kappa shape index (κ3) is 2.83. The van der Waals surface area contributed by atoms with Crippen molar-refractivity contribution in [1.29, 1.82) is 0 Å². The van der Waals surface area contributed by atoms with Crippen molar-refractivity contribution in [2.45, 2.75) is 19.8 Å². The standard InChI is InChI=1S/C10H11ClFNO2/c1-2-3-8(14)15-7-5-4-6(13)9(11)10(7)12/h4-5H,2-3,13H2,1H3. The van der Waals surface area contributed by atoms with Gasteiger partial charge in [-0.15, -0.1) is 0 Å². The van der Waals surface area contributed by atoms with Crippen LogP contribution in [0.1, 0.15) is 19.8 Å². The second kappa shape index (κ2) is 4.98. The summed E-state index contributed by atoms with van der Waals surface area (Å²) in [5.74, 6) is -1.48. The lowest BCUT2D eigenvalue weighted by atomic mass is 10.3. The summed E-state index contributed by atoms with van der Waals surface area (Å²) >= 11 is 5.55. The molecule has 3 nitrogen and oxygen atoms in total. The van der Waals surface area contributed by atoms with Crippen molar-refractivity contribution >= 4 is 23.3 Å². The molecule has 0 spiro atoms. The normalized spacial score (nSPS) is 10.1. The molecule has 1 rings (SSSR count). The molecule has 0 saturated carbocycles. The Bertz CT molecular complexity index is 382. The molecule has 0 aliphatic carbocycles. The average Bonchev–Trinajstić information content (AvgIpc) is 2.20. The largest absolute Gasteiger partial charge is 0.423 e. The molecule has 0 unspecified atom stereocenters. The smallest absolute Gasteiger partial charge is 0.311 e. The predicted octanol–water partition coefficient (Wildman–Crippen LogP) is 2.77. The molecule has 0 atom stereocenters. The quantitative estimate of drug-likeness (QED) is 0.494. The first-order valence-electron chi connectivity index (χ1n) is 4.50. The lowest BCUT2D eigenvalue weighted by molar-refractivity contribution is -0.134. The van der Waals surface area contributed by atoms with Crippen LogP contribution in [0.15, 0.2) is 12.1 Å². The minimum atomic E-state index is -0.805. The Morgan fingerprint density at radius 3 is 2.87 bits per heavy atom. The van der Waals surface area contributed by atoms with Gasteiger partial charge in [0.2, 0.25) is 0 Å². The molecule has 0 heterocycles. The fourth-order valence-corrected chi connectivity index (χ4v) is 1.16. The molecule has 0 fully saturated rings. The van der Waals surface area contributed by atoms with E-state index in [1.165, 1.54) is 12.1 Å². The first kappa shape index (κ1) is 11.8. The Morgan fingerprint density at radius 1 is 1.60 bits per heavy atom. The zero-order chi connectivity index (χ0) is 11.4. The zero-order valence-electron chi connectivity index (χ0n) is 8.22. The first-order chi connectivity index (χ1) is 7.06. The van der Waals surface area contributed by atoms with E-state index in [9.17, 15) is 9.18 Å². The van der Waals surface area contributed by atoms with Crippen LogP contribution in [-0.2, 0) is 4.79 Å². The maximum Gasteiger partial charge on any atom is 0.311 e. The highest BCUT2D eigenvalue weighted by Gasteiger charge is 2.13. The van der Waals surface area contributed by atoms with E-state index in [1.807, 2.05) is 6.92 Å². The van der Waals surface area contributed by atoms with Gasteiger partial charge >= 0.3 is 5.97 Å². The summed E-state index contributed by atoms with van der Waals surface area (Å²) in [6.07, 6.45) is 0.880. The molecular formula is C10H11ClFNO2. The number of halogens is 2. The summed E-state index contributed by atoms with van der Waals surface area (Å²) < 4.78 is 18.1. The van der Waals surface area contributed by atoms with Crippen LogP contribution < -0.4 is 10.5 Å². The Morgan fingerprint density at radius 2 is 2.27 bits per heavy atom. The number of esters is 1. The van der Waals surface area contributed by atoms with Crippen molar-refractivity contribution in [2.75, 3.05) is 5.73 Å². The molecule has 0 aliphatic rings. The fraction of sp³-hybridized carbons (Fsp3) is 0.300. The molecule has 0 amide bonds. The highest BCUT2D eigenvalue weighted by atomic mass is 35.5. The minimum absolute atomic E-state index is 0.115. The highest BCUT2D eigenvalue weighted by Crippen LogP contribution is 2.29.